The lowest BCUT2D eigenvalue weighted by Gasteiger charge is -2.28. The molecule has 1 saturated heterocycles. The number of hydrogen-bond acceptors (Lipinski definition) is 2. The number of rotatable bonds is 5. The number of hydrogen-bond donors (Lipinski definition) is 0. The molecule has 0 saturated carbocycles. The van der Waals surface area contributed by atoms with Gasteiger partial charge in [-0.25, -0.2) is 0 Å². The van der Waals surface area contributed by atoms with Crippen LogP contribution in [0.3, 0.4) is 0 Å². The van der Waals surface area contributed by atoms with E-state index in [0.717, 1.165) is 32.1 Å². The van der Waals surface area contributed by atoms with E-state index in [9.17, 15) is 4.79 Å². The summed E-state index contributed by atoms with van der Waals surface area (Å²) in [4.78, 5) is 13.5. The third-order valence-electron chi connectivity index (χ3n) is 3.14. The van der Waals surface area contributed by atoms with Crippen molar-refractivity contribution in [1.82, 2.24) is 4.90 Å². The molecule has 0 aromatic carbocycles. The zero-order valence-corrected chi connectivity index (χ0v) is 9.70. The Labute approximate surface area is 92.1 Å². The van der Waals surface area contributed by atoms with Crippen LogP contribution in [0.15, 0.2) is 0 Å². The topological polar surface area (TPSA) is 44.1 Å². The third kappa shape index (κ3) is 2.71. The lowest BCUT2D eigenvalue weighted by molar-refractivity contribution is -0.130. The quantitative estimate of drug-likeness (QED) is 0.696. The van der Waals surface area contributed by atoms with Gasteiger partial charge in [0.2, 0.25) is 5.91 Å². The molecule has 0 aromatic rings. The molecule has 2 unspecified atom stereocenters. The number of carbonyl (C=O) groups excluding carboxylic acids is 1. The fraction of sp³-hybridized carbons (Fsp3) is 0.833. The minimum Gasteiger partial charge on any atom is -0.324 e. The second-order valence-corrected chi connectivity index (χ2v) is 4.19. The summed E-state index contributed by atoms with van der Waals surface area (Å²) in [5.41, 5.74) is 0. The Morgan fingerprint density at radius 3 is 2.87 bits per heavy atom. The smallest absolute Gasteiger partial charge is 0.223 e. The van der Waals surface area contributed by atoms with Crippen LogP contribution in [0.5, 0.6) is 0 Å². The van der Waals surface area contributed by atoms with Crippen LogP contribution in [0, 0.1) is 11.3 Å². The van der Waals surface area contributed by atoms with Gasteiger partial charge >= 0.3 is 0 Å². The summed E-state index contributed by atoms with van der Waals surface area (Å²) in [6.45, 7) is 4.12. The Kier molecular flexibility index (Phi) is 4.61. The highest BCUT2D eigenvalue weighted by Gasteiger charge is 2.34. The van der Waals surface area contributed by atoms with Gasteiger partial charge in [-0.3, -0.25) is 4.79 Å². The van der Waals surface area contributed by atoms with Gasteiger partial charge in [0, 0.05) is 12.5 Å². The van der Waals surface area contributed by atoms with Crippen LogP contribution in [0.2, 0.25) is 0 Å². The zero-order chi connectivity index (χ0) is 11.3. The number of nitriles is 1. The fourth-order valence-corrected chi connectivity index (χ4v) is 2.26. The number of likely N-dealkylation sites (tertiary alicyclic amines) is 1. The van der Waals surface area contributed by atoms with Gasteiger partial charge in [0.15, 0.2) is 0 Å². The first-order valence-corrected chi connectivity index (χ1v) is 5.95. The average molecular weight is 208 g/mol. The molecule has 1 aliphatic rings. The molecule has 3 nitrogen and oxygen atoms in total. The monoisotopic (exact) mass is 208 g/mol. The van der Waals surface area contributed by atoms with Crippen LogP contribution in [-0.4, -0.2) is 22.9 Å². The van der Waals surface area contributed by atoms with Crippen molar-refractivity contribution in [3.8, 4) is 6.07 Å². The van der Waals surface area contributed by atoms with E-state index in [4.69, 9.17) is 5.26 Å². The van der Waals surface area contributed by atoms with Crippen molar-refractivity contribution in [2.45, 2.75) is 64.5 Å². The first-order valence-electron chi connectivity index (χ1n) is 5.95. The number of carbonyl (C=O) groups is 1. The molecule has 1 rings (SSSR count). The fourth-order valence-electron chi connectivity index (χ4n) is 2.26. The van der Waals surface area contributed by atoms with Gasteiger partial charge in [0.1, 0.15) is 6.04 Å². The summed E-state index contributed by atoms with van der Waals surface area (Å²) in [5, 5.41) is 9.00. The lowest BCUT2D eigenvalue weighted by Crippen LogP contribution is -2.40. The van der Waals surface area contributed by atoms with E-state index in [-0.39, 0.29) is 11.9 Å². The first kappa shape index (κ1) is 12.0. The van der Waals surface area contributed by atoms with Crippen LogP contribution >= 0.6 is 0 Å². The Hall–Kier alpha value is -1.04. The van der Waals surface area contributed by atoms with Crippen molar-refractivity contribution < 1.29 is 4.79 Å². The molecule has 0 aliphatic carbocycles. The lowest BCUT2D eigenvalue weighted by atomic mass is 10.1. The number of nitrogens with zero attached hydrogens (tertiary/aromatic N) is 2. The van der Waals surface area contributed by atoms with E-state index in [2.05, 4.69) is 13.0 Å². The van der Waals surface area contributed by atoms with Crippen LogP contribution in [0.4, 0.5) is 0 Å². The summed E-state index contributed by atoms with van der Waals surface area (Å²) in [5.74, 6) is 0.171. The molecule has 2 atom stereocenters. The molecule has 1 aliphatic heterocycles. The van der Waals surface area contributed by atoms with E-state index in [1.807, 2.05) is 11.8 Å². The van der Waals surface area contributed by atoms with Gasteiger partial charge in [0.05, 0.1) is 6.07 Å². The highest BCUT2D eigenvalue weighted by molar-refractivity contribution is 5.79. The van der Waals surface area contributed by atoms with Gasteiger partial charge in [-0.2, -0.15) is 5.26 Å². The van der Waals surface area contributed by atoms with E-state index >= 15 is 0 Å². The highest BCUT2D eigenvalue weighted by Crippen LogP contribution is 2.26. The molecule has 3 heteroatoms. The summed E-state index contributed by atoms with van der Waals surface area (Å²) in [7, 11) is 0. The molecule has 1 heterocycles. The summed E-state index contributed by atoms with van der Waals surface area (Å²) in [6.07, 6.45) is 5.67. The minimum absolute atomic E-state index is 0.171. The van der Waals surface area contributed by atoms with Crippen LogP contribution in [0.25, 0.3) is 0 Å². The largest absolute Gasteiger partial charge is 0.324 e. The van der Waals surface area contributed by atoms with Gasteiger partial charge in [-0.05, 0) is 19.3 Å². The summed E-state index contributed by atoms with van der Waals surface area (Å²) >= 11 is 0. The molecule has 84 valence electrons. The third-order valence-corrected chi connectivity index (χ3v) is 3.14. The zero-order valence-electron chi connectivity index (χ0n) is 9.70. The van der Waals surface area contributed by atoms with E-state index in [0.29, 0.717) is 12.5 Å². The number of amides is 1. The van der Waals surface area contributed by atoms with Crippen molar-refractivity contribution in [2.24, 2.45) is 0 Å². The summed E-state index contributed by atoms with van der Waals surface area (Å²) in [6, 6.07) is 2.35. The minimum atomic E-state index is -0.207. The molecule has 0 bridgehead atoms. The Morgan fingerprint density at radius 2 is 2.33 bits per heavy atom. The van der Waals surface area contributed by atoms with Crippen LogP contribution in [-0.2, 0) is 4.79 Å². The predicted octanol–water partition coefficient (Wildman–Crippen LogP) is 2.47. The van der Waals surface area contributed by atoms with E-state index < -0.39 is 0 Å². The second kappa shape index (κ2) is 5.75. The number of unbranched alkanes of at least 4 members (excludes halogenated alkanes) is 1. The first-order chi connectivity index (χ1) is 7.24. The molecule has 0 spiro atoms. The predicted molar refractivity (Wildman–Crippen MR) is 59.1 cm³/mol. The Bertz CT molecular complexity index is 257. The molecule has 15 heavy (non-hydrogen) atoms. The van der Waals surface area contributed by atoms with E-state index in [1.54, 1.807) is 0 Å². The van der Waals surface area contributed by atoms with Crippen molar-refractivity contribution in [1.29, 1.82) is 5.26 Å². The van der Waals surface area contributed by atoms with Crippen molar-refractivity contribution >= 4 is 5.91 Å². The highest BCUT2D eigenvalue weighted by atomic mass is 16.2. The molecular weight excluding hydrogens is 188 g/mol. The second-order valence-electron chi connectivity index (χ2n) is 4.19. The normalized spacial score (nSPS) is 22.9. The molecule has 0 radical (unpaired) electrons. The SMILES string of the molecule is CCCCC1CCC(=O)N1C(C#N)CC. The maximum atomic E-state index is 11.7. The maximum Gasteiger partial charge on any atom is 0.223 e. The van der Waals surface area contributed by atoms with Gasteiger partial charge < -0.3 is 4.90 Å². The van der Waals surface area contributed by atoms with Crippen LogP contribution < -0.4 is 0 Å². The maximum absolute atomic E-state index is 11.7. The summed E-state index contributed by atoms with van der Waals surface area (Å²) < 4.78 is 0. The Balaban J connectivity index is 2.64. The Morgan fingerprint density at radius 1 is 1.60 bits per heavy atom. The molecule has 0 N–H and O–H groups in total. The van der Waals surface area contributed by atoms with Crippen molar-refractivity contribution in [3.05, 3.63) is 0 Å². The van der Waals surface area contributed by atoms with Crippen molar-refractivity contribution in [3.63, 3.8) is 0 Å². The average Bonchev–Trinajstić information content (AvgIpc) is 2.60. The molecule has 1 fully saturated rings. The molecule has 0 aromatic heterocycles. The molecule has 1 amide bonds. The van der Waals surface area contributed by atoms with Gasteiger partial charge in [0.25, 0.3) is 0 Å². The standard InChI is InChI=1S/C12H20N2O/c1-3-5-6-11-7-8-12(15)14(11)10(4-2)9-13/h10-11H,3-8H2,1-2H3. The van der Waals surface area contributed by atoms with Crippen LogP contribution in [0.1, 0.15) is 52.4 Å². The van der Waals surface area contributed by atoms with Gasteiger partial charge in [-0.15, -0.1) is 0 Å². The van der Waals surface area contributed by atoms with E-state index in [1.165, 1.54) is 0 Å². The molecular formula is C12H20N2O. The van der Waals surface area contributed by atoms with Gasteiger partial charge in [-0.1, -0.05) is 26.7 Å². The van der Waals surface area contributed by atoms with Crippen molar-refractivity contribution in [2.75, 3.05) is 0 Å².